The zero-order chi connectivity index (χ0) is 14.4. The van der Waals surface area contributed by atoms with Gasteiger partial charge >= 0.3 is 0 Å². The zero-order valence-electron chi connectivity index (χ0n) is 11.9. The predicted molar refractivity (Wildman–Crippen MR) is 89.2 cm³/mol. The van der Waals surface area contributed by atoms with Crippen LogP contribution in [0.15, 0.2) is 18.3 Å². The molecule has 22 heavy (non-hydrogen) atoms. The largest absolute Gasteiger partial charge is 0.475 e. The third kappa shape index (κ3) is 5.78. The van der Waals surface area contributed by atoms with E-state index in [9.17, 15) is 4.79 Å². The molecule has 2 rings (SSSR count). The maximum Gasteiger partial charge on any atom is 0.240 e. The summed E-state index contributed by atoms with van der Waals surface area (Å²) in [6, 6.07) is 3.42. The Morgan fingerprint density at radius 3 is 2.77 bits per heavy atom. The van der Waals surface area contributed by atoms with Gasteiger partial charge in [-0.2, -0.15) is 0 Å². The summed E-state index contributed by atoms with van der Waals surface area (Å²) in [6.07, 6.45) is 2.66. The van der Waals surface area contributed by atoms with Crippen LogP contribution in [0.4, 0.5) is 0 Å². The van der Waals surface area contributed by atoms with Crippen molar-refractivity contribution in [3.8, 4) is 5.88 Å². The Morgan fingerprint density at radius 2 is 2.14 bits per heavy atom. The number of rotatable bonds is 5. The van der Waals surface area contributed by atoms with Crippen molar-refractivity contribution in [2.75, 3.05) is 26.4 Å². The summed E-state index contributed by atoms with van der Waals surface area (Å²) in [5, 5.41) is 3.21. The van der Waals surface area contributed by atoms with Gasteiger partial charge in [-0.3, -0.25) is 4.79 Å². The van der Waals surface area contributed by atoms with Crippen LogP contribution in [0.2, 0.25) is 5.02 Å². The van der Waals surface area contributed by atoms with Crippen LogP contribution in [0.25, 0.3) is 0 Å². The number of ether oxygens (including phenoxy) is 2. The quantitative estimate of drug-likeness (QED) is 0.766. The van der Waals surface area contributed by atoms with E-state index in [0.29, 0.717) is 43.5 Å². The van der Waals surface area contributed by atoms with Crippen molar-refractivity contribution in [1.29, 1.82) is 0 Å². The van der Waals surface area contributed by atoms with E-state index in [1.807, 2.05) is 0 Å². The van der Waals surface area contributed by atoms with Crippen LogP contribution in [0.5, 0.6) is 5.88 Å². The number of nitrogens with one attached hydrogen (secondary N) is 1. The van der Waals surface area contributed by atoms with E-state index in [-0.39, 0.29) is 37.3 Å². The van der Waals surface area contributed by atoms with Crippen LogP contribution in [0, 0.1) is 0 Å². The standard InChI is InChI=1S/C13H18ClN3O3.2ClH/c14-10-2-1-5-16-11(10)20-9-6-17-12(18)13(15)3-7-19-8-4-13;;/h1-2,5H,3-4,6-9,15H2,(H,17,18);2*1H. The van der Waals surface area contributed by atoms with Gasteiger partial charge in [0.25, 0.3) is 0 Å². The minimum Gasteiger partial charge on any atom is -0.475 e. The molecule has 0 aromatic carbocycles. The van der Waals surface area contributed by atoms with E-state index in [0.717, 1.165) is 0 Å². The summed E-state index contributed by atoms with van der Waals surface area (Å²) in [4.78, 5) is 16.0. The minimum absolute atomic E-state index is 0. The summed E-state index contributed by atoms with van der Waals surface area (Å²) in [5.41, 5.74) is 5.22. The van der Waals surface area contributed by atoms with Crippen LogP contribution >= 0.6 is 36.4 Å². The van der Waals surface area contributed by atoms with Gasteiger partial charge in [0.2, 0.25) is 11.8 Å². The van der Waals surface area contributed by atoms with E-state index in [2.05, 4.69) is 10.3 Å². The molecular weight excluding hydrogens is 353 g/mol. The molecule has 1 aromatic rings. The molecule has 9 heteroatoms. The zero-order valence-corrected chi connectivity index (χ0v) is 14.3. The molecule has 0 saturated carbocycles. The molecule has 126 valence electrons. The second-order valence-corrected chi connectivity index (χ2v) is 5.07. The Hall–Kier alpha value is -0.790. The van der Waals surface area contributed by atoms with Crippen molar-refractivity contribution in [2.24, 2.45) is 5.73 Å². The average Bonchev–Trinajstić information content (AvgIpc) is 2.46. The summed E-state index contributed by atoms with van der Waals surface area (Å²) in [6.45, 7) is 1.68. The first kappa shape index (κ1) is 21.2. The second-order valence-electron chi connectivity index (χ2n) is 4.66. The highest BCUT2D eigenvalue weighted by Gasteiger charge is 2.35. The van der Waals surface area contributed by atoms with Crippen molar-refractivity contribution < 1.29 is 14.3 Å². The number of halogens is 3. The molecule has 0 bridgehead atoms. The van der Waals surface area contributed by atoms with Crippen LogP contribution in [-0.4, -0.2) is 42.8 Å². The molecule has 1 aromatic heterocycles. The maximum absolute atomic E-state index is 12.0. The number of hydrogen-bond acceptors (Lipinski definition) is 5. The number of nitrogens with two attached hydrogens (primary N) is 1. The van der Waals surface area contributed by atoms with Gasteiger partial charge in [-0.25, -0.2) is 4.98 Å². The number of carbonyl (C=O) groups is 1. The molecule has 1 saturated heterocycles. The van der Waals surface area contributed by atoms with Crippen LogP contribution in [0.1, 0.15) is 12.8 Å². The van der Waals surface area contributed by atoms with Crippen molar-refractivity contribution in [3.05, 3.63) is 23.4 Å². The number of amides is 1. The number of nitrogens with zero attached hydrogens (tertiary/aromatic N) is 1. The topological polar surface area (TPSA) is 86.5 Å². The predicted octanol–water partition coefficient (Wildman–Crippen LogP) is 1.58. The molecule has 1 fully saturated rings. The molecule has 0 aliphatic carbocycles. The molecule has 2 heterocycles. The lowest BCUT2D eigenvalue weighted by Gasteiger charge is -2.31. The summed E-state index contributed by atoms with van der Waals surface area (Å²) in [5.74, 6) is 0.188. The Labute approximate surface area is 146 Å². The normalized spacial score (nSPS) is 15.9. The molecule has 3 N–H and O–H groups in total. The Morgan fingerprint density at radius 1 is 1.45 bits per heavy atom. The first-order chi connectivity index (χ1) is 9.62. The Bertz CT molecular complexity index is 471. The molecule has 0 spiro atoms. The van der Waals surface area contributed by atoms with Gasteiger partial charge in [0.1, 0.15) is 11.6 Å². The Kier molecular flexibility index (Phi) is 9.71. The third-order valence-corrected chi connectivity index (χ3v) is 3.48. The van der Waals surface area contributed by atoms with E-state index in [4.69, 9.17) is 26.8 Å². The molecule has 1 amide bonds. The molecule has 0 radical (unpaired) electrons. The fourth-order valence-electron chi connectivity index (χ4n) is 1.93. The van der Waals surface area contributed by atoms with Gasteiger partial charge in [0, 0.05) is 19.4 Å². The fourth-order valence-corrected chi connectivity index (χ4v) is 2.10. The molecule has 0 unspecified atom stereocenters. The van der Waals surface area contributed by atoms with E-state index >= 15 is 0 Å². The van der Waals surface area contributed by atoms with Gasteiger partial charge in [0.05, 0.1) is 12.1 Å². The average molecular weight is 373 g/mol. The van der Waals surface area contributed by atoms with Crippen LogP contribution in [-0.2, 0) is 9.53 Å². The molecular formula is C13H20Cl3N3O3. The summed E-state index contributed by atoms with van der Waals surface area (Å²) < 4.78 is 10.6. The number of carbonyl (C=O) groups excluding carboxylic acids is 1. The van der Waals surface area contributed by atoms with Gasteiger partial charge < -0.3 is 20.5 Å². The molecule has 1 aliphatic heterocycles. The molecule has 1 aliphatic rings. The van der Waals surface area contributed by atoms with Crippen molar-refractivity contribution in [3.63, 3.8) is 0 Å². The lowest BCUT2D eigenvalue weighted by Crippen LogP contribution is -2.57. The lowest BCUT2D eigenvalue weighted by atomic mass is 9.90. The van der Waals surface area contributed by atoms with Gasteiger partial charge in [-0.15, -0.1) is 24.8 Å². The maximum atomic E-state index is 12.0. The van der Waals surface area contributed by atoms with Crippen molar-refractivity contribution >= 4 is 42.3 Å². The monoisotopic (exact) mass is 371 g/mol. The fraction of sp³-hybridized carbons (Fsp3) is 0.538. The van der Waals surface area contributed by atoms with Gasteiger partial charge in [-0.05, 0) is 25.0 Å². The minimum atomic E-state index is -0.832. The first-order valence-corrected chi connectivity index (χ1v) is 6.88. The highest BCUT2D eigenvalue weighted by atomic mass is 35.5. The van der Waals surface area contributed by atoms with Crippen molar-refractivity contribution in [2.45, 2.75) is 18.4 Å². The van der Waals surface area contributed by atoms with Gasteiger partial charge in [0.15, 0.2) is 0 Å². The molecule has 0 atom stereocenters. The second kappa shape index (κ2) is 10.1. The van der Waals surface area contributed by atoms with Gasteiger partial charge in [-0.1, -0.05) is 11.6 Å². The van der Waals surface area contributed by atoms with E-state index < -0.39 is 5.54 Å². The number of hydrogen-bond donors (Lipinski definition) is 2. The number of aromatic nitrogens is 1. The third-order valence-electron chi connectivity index (χ3n) is 3.19. The molecule has 6 nitrogen and oxygen atoms in total. The smallest absolute Gasteiger partial charge is 0.240 e. The summed E-state index contributed by atoms with van der Waals surface area (Å²) >= 11 is 5.90. The van der Waals surface area contributed by atoms with E-state index in [1.165, 1.54) is 0 Å². The Balaban J connectivity index is 0.00000220. The first-order valence-electron chi connectivity index (χ1n) is 6.50. The van der Waals surface area contributed by atoms with Crippen LogP contribution in [0.3, 0.4) is 0 Å². The number of pyridine rings is 1. The highest BCUT2D eigenvalue weighted by molar-refractivity contribution is 6.31. The van der Waals surface area contributed by atoms with E-state index in [1.54, 1.807) is 18.3 Å². The SMILES string of the molecule is Cl.Cl.NC1(C(=O)NCCOc2ncccc2Cl)CCOCC1. The van der Waals surface area contributed by atoms with Crippen molar-refractivity contribution in [1.82, 2.24) is 10.3 Å². The van der Waals surface area contributed by atoms with Crippen LogP contribution < -0.4 is 15.8 Å². The summed E-state index contributed by atoms with van der Waals surface area (Å²) in [7, 11) is 0. The lowest BCUT2D eigenvalue weighted by molar-refractivity contribution is -0.129. The highest BCUT2D eigenvalue weighted by Crippen LogP contribution is 2.20.